The van der Waals surface area contributed by atoms with Gasteiger partial charge in [-0.05, 0) is 37.5 Å². The van der Waals surface area contributed by atoms with Crippen LogP contribution in [0.15, 0.2) is 18.2 Å². The van der Waals surface area contributed by atoms with Crippen LogP contribution < -0.4 is 4.74 Å². The van der Waals surface area contributed by atoms with Gasteiger partial charge in [0, 0.05) is 12.1 Å². The molecule has 0 saturated carbocycles. The van der Waals surface area contributed by atoms with Gasteiger partial charge in [-0.1, -0.05) is 31.5 Å². The highest BCUT2D eigenvalue weighted by Gasteiger charge is 2.36. The summed E-state index contributed by atoms with van der Waals surface area (Å²) in [7, 11) is 1.43. The van der Waals surface area contributed by atoms with E-state index in [0.717, 1.165) is 13.3 Å². The molecule has 29 heavy (non-hydrogen) atoms. The highest BCUT2D eigenvalue weighted by molar-refractivity contribution is 6.36. The number of carbonyl (C=O) groups excluding carboxylic acids is 1. The average molecular weight is 433 g/mol. The number of methoxy groups -OCH3 is 1. The number of halogens is 4. The number of aryl methyl sites for hydroxylation is 1. The Hall–Kier alpha value is -2.22. The summed E-state index contributed by atoms with van der Waals surface area (Å²) in [6, 6.07) is 4.80. The molecule has 0 N–H and O–H groups in total. The van der Waals surface area contributed by atoms with Crippen molar-refractivity contribution in [3.63, 3.8) is 0 Å². The molecular weight excluding hydrogens is 409 g/mol. The minimum Gasteiger partial charge on any atom is -0.496 e. The van der Waals surface area contributed by atoms with Crippen LogP contribution in [0.3, 0.4) is 0 Å². The Morgan fingerprint density at radius 3 is 2.55 bits per heavy atom. The predicted molar refractivity (Wildman–Crippen MR) is 104 cm³/mol. The third-order valence-electron chi connectivity index (χ3n) is 4.42. The zero-order valence-corrected chi connectivity index (χ0v) is 17.5. The number of rotatable bonds is 8. The van der Waals surface area contributed by atoms with Crippen molar-refractivity contribution in [3.05, 3.63) is 34.5 Å². The van der Waals surface area contributed by atoms with Crippen molar-refractivity contribution in [1.29, 1.82) is 0 Å². The first-order valence-electron chi connectivity index (χ1n) is 9.31. The number of hydrogen-bond donors (Lipinski definition) is 0. The first-order valence-corrected chi connectivity index (χ1v) is 9.69. The standard InChI is InChI=1S/C20H24ClF3N2O3/c1-5-9-26-18(16(21)17(25-26)19(27)29-6-2)14-8-7-13(11-15(14)28-4)10-12(3)20(22,23)24/h7-8,11-12H,5-6,9-10H2,1-4H3. The number of aromatic nitrogens is 2. The number of benzene rings is 1. The number of alkyl halides is 3. The molecular formula is C20H24ClF3N2O3. The summed E-state index contributed by atoms with van der Waals surface area (Å²) in [5, 5.41) is 4.40. The Balaban J connectivity index is 2.51. The fraction of sp³-hybridized carbons (Fsp3) is 0.500. The van der Waals surface area contributed by atoms with Gasteiger partial charge in [0.2, 0.25) is 0 Å². The van der Waals surface area contributed by atoms with Gasteiger partial charge >= 0.3 is 12.1 Å². The van der Waals surface area contributed by atoms with Gasteiger partial charge in [-0.25, -0.2) is 4.79 Å². The number of hydrogen-bond acceptors (Lipinski definition) is 4. The highest BCUT2D eigenvalue weighted by atomic mass is 35.5. The van der Waals surface area contributed by atoms with Gasteiger partial charge in [-0.2, -0.15) is 18.3 Å². The lowest BCUT2D eigenvalue weighted by Gasteiger charge is -2.17. The lowest BCUT2D eigenvalue weighted by Crippen LogP contribution is -2.21. The van der Waals surface area contributed by atoms with Crippen LogP contribution in [0, 0.1) is 5.92 Å². The molecule has 0 aliphatic carbocycles. The summed E-state index contributed by atoms with van der Waals surface area (Å²) in [5.74, 6) is -1.77. The summed E-state index contributed by atoms with van der Waals surface area (Å²) >= 11 is 6.45. The third-order valence-corrected chi connectivity index (χ3v) is 4.78. The molecule has 160 valence electrons. The van der Waals surface area contributed by atoms with Gasteiger partial charge in [0.1, 0.15) is 10.8 Å². The predicted octanol–water partition coefficient (Wildman–Crippen LogP) is 5.54. The van der Waals surface area contributed by atoms with Crippen LogP contribution in [0.4, 0.5) is 13.2 Å². The molecule has 1 unspecified atom stereocenters. The number of nitrogens with zero attached hydrogens (tertiary/aromatic N) is 2. The van der Waals surface area contributed by atoms with E-state index in [1.54, 1.807) is 29.8 Å². The van der Waals surface area contributed by atoms with Gasteiger partial charge in [-0.3, -0.25) is 4.68 Å². The topological polar surface area (TPSA) is 53.4 Å². The number of carbonyl (C=O) groups is 1. The van der Waals surface area contributed by atoms with Crippen LogP contribution >= 0.6 is 11.6 Å². The molecule has 2 rings (SSSR count). The molecule has 9 heteroatoms. The van der Waals surface area contributed by atoms with E-state index < -0.39 is 18.1 Å². The van der Waals surface area contributed by atoms with E-state index in [4.69, 9.17) is 21.1 Å². The van der Waals surface area contributed by atoms with Gasteiger partial charge in [0.05, 0.1) is 25.3 Å². The van der Waals surface area contributed by atoms with Gasteiger partial charge in [0.25, 0.3) is 0 Å². The van der Waals surface area contributed by atoms with Gasteiger partial charge in [0.15, 0.2) is 5.69 Å². The average Bonchev–Trinajstić information content (AvgIpc) is 2.97. The Morgan fingerprint density at radius 2 is 2.00 bits per heavy atom. The Morgan fingerprint density at radius 1 is 1.31 bits per heavy atom. The SMILES string of the molecule is CCCn1nc(C(=O)OCC)c(Cl)c1-c1ccc(CC(C)C(F)(F)F)cc1OC. The third kappa shape index (κ3) is 5.23. The van der Waals surface area contributed by atoms with Crippen molar-refractivity contribution < 1.29 is 27.4 Å². The second kappa shape index (κ2) is 9.52. The van der Waals surface area contributed by atoms with Crippen LogP contribution in [0.25, 0.3) is 11.3 Å². The first-order chi connectivity index (χ1) is 13.6. The minimum atomic E-state index is -4.27. The molecule has 0 saturated heterocycles. The maximum absolute atomic E-state index is 12.9. The van der Waals surface area contributed by atoms with Crippen LogP contribution in [0.5, 0.6) is 5.75 Å². The van der Waals surface area contributed by atoms with E-state index in [1.165, 1.54) is 7.11 Å². The van der Waals surface area contributed by atoms with Crippen molar-refractivity contribution in [2.24, 2.45) is 5.92 Å². The molecule has 1 atom stereocenters. The normalized spacial score (nSPS) is 12.7. The van der Waals surface area contributed by atoms with Crippen LogP contribution in [-0.2, 0) is 17.7 Å². The van der Waals surface area contributed by atoms with Gasteiger partial charge < -0.3 is 9.47 Å². The zero-order valence-electron chi connectivity index (χ0n) is 16.8. The monoisotopic (exact) mass is 432 g/mol. The van der Waals surface area contributed by atoms with Crippen LogP contribution in [0.2, 0.25) is 5.02 Å². The summed E-state index contributed by atoms with van der Waals surface area (Å²) in [5.41, 5.74) is 1.48. The molecule has 0 amide bonds. The van der Waals surface area contributed by atoms with Crippen molar-refractivity contribution in [1.82, 2.24) is 9.78 Å². The second-order valence-corrected chi connectivity index (χ2v) is 7.01. The highest BCUT2D eigenvalue weighted by Crippen LogP contribution is 2.38. The Bertz CT molecular complexity index is 865. The van der Waals surface area contributed by atoms with E-state index >= 15 is 0 Å². The van der Waals surface area contributed by atoms with E-state index in [2.05, 4.69) is 5.10 Å². The molecule has 2 aromatic rings. The lowest BCUT2D eigenvalue weighted by atomic mass is 9.98. The summed E-state index contributed by atoms with van der Waals surface area (Å²) in [6.07, 6.45) is -3.71. The Labute approximate surface area is 172 Å². The molecule has 1 heterocycles. The largest absolute Gasteiger partial charge is 0.496 e. The molecule has 5 nitrogen and oxygen atoms in total. The van der Waals surface area contributed by atoms with Crippen molar-refractivity contribution in [2.45, 2.75) is 46.3 Å². The summed E-state index contributed by atoms with van der Waals surface area (Å²) in [4.78, 5) is 12.2. The van der Waals surface area contributed by atoms with E-state index in [1.807, 2.05) is 6.92 Å². The van der Waals surface area contributed by atoms with Crippen molar-refractivity contribution in [2.75, 3.05) is 13.7 Å². The van der Waals surface area contributed by atoms with Crippen LogP contribution in [-0.4, -0.2) is 35.6 Å². The fourth-order valence-electron chi connectivity index (χ4n) is 2.93. The van der Waals surface area contributed by atoms with E-state index in [0.29, 0.717) is 29.1 Å². The number of ether oxygens (including phenoxy) is 2. The molecule has 0 spiro atoms. The van der Waals surface area contributed by atoms with E-state index in [9.17, 15) is 18.0 Å². The first kappa shape index (κ1) is 23.1. The molecule has 1 aromatic heterocycles. The number of esters is 1. The van der Waals surface area contributed by atoms with Crippen LogP contribution in [0.1, 0.15) is 43.2 Å². The second-order valence-electron chi connectivity index (χ2n) is 6.64. The molecule has 0 fully saturated rings. The maximum Gasteiger partial charge on any atom is 0.391 e. The van der Waals surface area contributed by atoms with Gasteiger partial charge in [-0.15, -0.1) is 0 Å². The molecule has 1 aromatic carbocycles. The van der Waals surface area contributed by atoms with Crippen molar-refractivity contribution >= 4 is 17.6 Å². The molecule has 0 aliphatic heterocycles. The lowest BCUT2D eigenvalue weighted by molar-refractivity contribution is -0.169. The summed E-state index contributed by atoms with van der Waals surface area (Å²) in [6.45, 7) is 5.44. The summed E-state index contributed by atoms with van der Waals surface area (Å²) < 4.78 is 50.7. The fourth-order valence-corrected chi connectivity index (χ4v) is 3.24. The molecule has 0 aliphatic rings. The van der Waals surface area contributed by atoms with E-state index in [-0.39, 0.29) is 23.7 Å². The molecule has 0 bridgehead atoms. The van der Waals surface area contributed by atoms with Crippen molar-refractivity contribution in [3.8, 4) is 17.0 Å². The smallest absolute Gasteiger partial charge is 0.391 e. The zero-order chi connectivity index (χ0) is 21.8. The quantitative estimate of drug-likeness (QED) is 0.514. The maximum atomic E-state index is 12.9. The Kier molecular flexibility index (Phi) is 7.57. The molecule has 0 radical (unpaired) electrons. The minimum absolute atomic E-state index is 0.00575.